The maximum atomic E-state index is 12.4. The van der Waals surface area contributed by atoms with Crippen molar-refractivity contribution in [2.45, 2.75) is 29.9 Å². The molecule has 1 atom stereocenters. The van der Waals surface area contributed by atoms with Gasteiger partial charge < -0.3 is 5.32 Å². The standard InChI is InChI=1S/C14H15F3N2S2/c1-10(7-18-9-12-3-2-6-20-12)21-13-5-4-11(8-19-13)14(15,16)17/h2-6,8,10,18H,7,9H2,1H3. The molecular formula is C14H15F3N2S2. The fourth-order valence-corrected chi connectivity index (χ4v) is 3.23. The summed E-state index contributed by atoms with van der Waals surface area (Å²) in [7, 11) is 0. The Morgan fingerprint density at radius 1 is 1.33 bits per heavy atom. The van der Waals surface area contributed by atoms with Crippen LogP contribution in [-0.2, 0) is 12.7 Å². The average molecular weight is 332 g/mol. The minimum absolute atomic E-state index is 0.231. The number of alkyl halides is 3. The number of rotatable bonds is 6. The molecule has 0 saturated carbocycles. The molecule has 114 valence electrons. The van der Waals surface area contributed by atoms with Gasteiger partial charge in [0.1, 0.15) is 0 Å². The summed E-state index contributed by atoms with van der Waals surface area (Å²) in [6.45, 7) is 3.60. The molecule has 0 amide bonds. The van der Waals surface area contributed by atoms with Crippen LogP contribution < -0.4 is 5.32 Å². The first kappa shape index (κ1) is 16.3. The van der Waals surface area contributed by atoms with Crippen LogP contribution >= 0.6 is 23.1 Å². The van der Waals surface area contributed by atoms with Crippen molar-refractivity contribution in [3.05, 3.63) is 46.3 Å². The van der Waals surface area contributed by atoms with E-state index >= 15 is 0 Å². The maximum Gasteiger partial charge on any atom is 0.417 e. The molecule has 0 saturated heterocycles. The van der Waals surface area contributed by atoms with Gasteiger partial charge in [0.05, 0.1) is 10.6 Å². The Bertz CT molecular complexity index is 538. The molecular weight excluding hydrogens is 317 g/mol. The third kappa shape index (κ3) is 5.33. The lowest BCUT2D eigenvalue weighted by Gasteiger charge is -2.12. The largest absolute Gasteiger partial charge is 0.417 e. The van der Waals surface area contributed by atoms with Crippen LogP contribution in [0.15, 0.2) is 40.9 Å². The summed E-state index contributed by atoms with van der Waals surface area (Å²) in [6, 6.07) is 6.56. The van der Waals surface area contributed by atoms with Crippen LogP contribution in [0.25, 0.3) is 0 Å². The number of aromatic nitrogens is 1. The van der Waals surface area contributed by atoms with Crippen molar-refractivity contribution in [1.29, 1.82) is 0 Å². The quantitative estimate of drug-likeness (QED) is 0.792. The molecule has 2 aromatic rings. The molecule has 0 spiro atoms. The third-order valence-corrected chi connectivity index (χ3v) is 4.63. The van der Waals surface area contributed by atoms with Gasteiger partial charge in [0.25, 0.3) is 0 Å². The van der Waals surface area contributed by atoms with E-state index in [0.717, 1.165) is 25.4 Å². The second kappa shape index (κ2) is 7.29. The molecule has 0 aliphatic heterocycles. The highest BCUT2D eigenvalue weighted by Gasteiger charge is 2.30. The summed E-state index contributed by atoms with van der Waals surface area (Å²) >= 11 is 3.16. The molecule has 2 aromatic heterocycles. The highest BCUT2D eigenvalue weighted by Crippen LogP contribution is 2.30. The number of thiophene rings is 1. The molecule has 0 aliphatic rings. The monoisotopic (exact) mass is 332 g/mol. The number of hydrogen-bond donors (Lipinski definition) is 1. The number of halogens is 3. The van der Waals surface area contributed by atoms with E-state index in [9.17, 15) is 13.2 Å². The van der Waals surface area contributed by atoms with Gasteiger partial charge in [-0.25, -0.2) is 4.98 Å². The van der Waals surface area contributed by atoms with E-state index in [0.29, 0.717) is 5.03 Å². The normalized spacial score (nSPS) is 13.3. The lowest BCUT2D eigenvalue weighted by atomic mass is 10.3. The SMILES string of the molecule is CC(CNCc1cccs1)Sc1ccc(C(F)(F)F)cn1. The van der Waals surface area contributed by atoms with Crippen LogP contribution in [0.1, 0.15) is 17.4 Å². The summed E-state index contributed by atoms with van der Waals surface area (Å²) in [6.07, 6.45) is -3.45. The average Bonchev–Trinajstić information content (AvgIpc) is 2.91. The van der Waals surface area contributed by atoms with Crippen molar-refractivity contribution < 1.29 is 13.2 Å². The first-order valence-electron chi connectivity index (χ1n) is 6.38. The van der Waals surface area contributed by atoms with Crippen LogP contribution in [0.4, 0.5) is 13.2 Å². The highest BCUT2D eigenvalue weighted by atomic mass is 32.2. The molecule has 0 radical (unpaired) electrons. The Morgan fingerprint density at radius 2 is 2.14 bits per heavy atom. The zero-order chi connectivity index (χ0) is 15.3. The zero-order valence-electron chi connectivity index (χ0n) is 11.4. The van der Waals surface area contributed by atoms with E-state index < -0.39 is 11.7 Å². The Balaban J connectivity index is 1.78. The number of hydrogen-bond acceptors (Lipinski definition) is 4. The molecule has 21 heavy (non-hydrogen) atoms. The number of nitrogens with zero attached hydrogens (tertiary/aromatic N) is 1. The predicted molar refractivity (Wildman–Crippen MR) is 80.6 cm³/mol. The molecule has 0 bridgehead atoms. The Hall–Kier alpha value is -1.05. The number of pyridine rings is 1. The maximum absolute atomic E-state index is 12.4. The van der Waals surface area contributed by atoms with Crippen molar-refractivity contribution in [3.8, 4) is 0 Å². The second-order valence-electron chi connectivity index (χ2n) is 4.52. The molecule has 2 nitrogen and oxygen atoms in total. The fraction of sp³-hybridized carbons (Fsp3) is 0.357. The predicted octanol–water partition coefficient (Wildman–Crippen LogP) is 4.43. The summed E-state index contributed by atoms with van der Waals surface area (Å²) in [5.74, 6) is 0. The molecule has 1 N–H and O–H groups in total. The van der Waals surface area contributed by atoms with Gasteiger partial charge in [-0.2, -0.15) is 13.2 Å². The van der Waals surface area contributed by atoms with Gasteiger partial charge in [0, 0.05) is 29.4 Å². The Labute approximate surface area is 129 Å². The molecule has 2 heterocycles. The van der Waals surface area contributed by atoms with Crippen molar-refractivity contribution in [2.75, 3.05) is 6.54 Å². The van der Waals surface area contributed by atoms with Crippen LogP contribution in [0.3, 0.4) is 0 Å². The first-order valence-corrected chi connectivity index (χ1v) is 8.14. The van der Waals surface area contributed by atoms with Gasteiger partial charge in [-0.05, 0) is 23.6 Å². The lowest BCUT2D eigenvalue weighted by Crippen LogP contribution is -2.21. The van der Waals surface area contributed by atoms with E-state index in [1.165, 1.54) is 22.7 Å². The first-order chi connectivity index (χ1) is 9.95. The van der Waals surface area contributed by atoms with Crippen molar-refractivity contribution in [1.82, 2.24) is 10.3 Å². The molecule has 0 aliphatic carbocycles. The molecule has 2 rings (SSSR count). The van der Waals surface area contributed by atoms with Crippen molar-refractivity contribution >= 4 is 23.1 Å². The second-order valence-corrected chi connectivity index (χ2v) is 7.01. The third-order valence-electron chi connectivity index (χ3n) is 2.70. The van der Waals surface area contributed by atoms with Crippen molar-refractivity contribution in [3.63, 3.8) is 0 Å². The lowest BCUT2D eigenvalue weighted by molar-refractivity contribution is -0.137. The van der Waals surface area contributed by atoms with E-state index in [-0.39, 0.29) is 5.25 Å². The van der Waals surface area contributed by atoms with Gasteiger partial charge >= 0.3 is 6.18 Å². The van der Waals surface area contributed by atoms with Gasteiger partial charge in [0.15, 0.2) is 0 Å². The van der Waals surface area contributed by atoms with Crippen LogP contribution in [0.5, 0.6) is 0 Å². The molecule has 0 aromatic carbocycles. The van der Waals surface area contributed by atoms with Crippen LogP contribution in [-0.4, -0.2) is 16.8 Å². The van der Waals surface area contributed by atoms with Crippen molar-refractivity contribution in [2.24, 2.45) is 0 Å². The minimum Gasteiger partial charge on any atom is -0.311 e. The summed E-state index contributed by atoms with van der Waals surface area (Å²) < 4.78 is 37.3. The van der Waals surface area contributed by atoms with E-state index in [4.69, 9.17) is 0 Å². The molecule has 1 unspecified atom stereocenters. The van der Waals surface area contributed by atoms with E-state index in [1.54, 1.807) is 11.3 Å². The summed E-state index contributed by atoms with van der Waals surface area (Å²) in [4.78, 5) is 5.12. The Morgan fingerprint density at radius 3 is 2.71 bits per heavy atom. The summed E-state index contributed by atoms with van der Waals surface area (Å²) in [5.41, 5.74) is -0.713. The van der Waals surface area contributed by atoms with Crippen LogP contribution in [0, 0.1) is 0 Å². The van der Waals surface area contributed by atoms with Gasteiger partial charge in [-0.1, -0.05) is 13.0 Å². The van der Waals surface area contributed by atoms with Gasteiger partial charge in [0.2, 0.25) is 0 Å². The number of thioether (sulfide) groups is 1. The van der Waals surface area contributed by atoms with Crippen LogP contribution in [0.2, 0.25) is 0 Å². The highest BCUT2D eigenvalue weighted by molar-refractivity contribution is 7.99. The minimum atomic E-state index is -4.33. The van der Waals surface area contributed by atoms with E-state index in [1.807, 2.05) is 18.4 Å². The van der Waals surface area contributed by atoms with Gasteiger partial charge in [-0.3, -0.25) is 0 Å². The molecule has 0 fully saturated rings. The number of nitrogens with one attached hydrogen (secondary N) is 1. The smallest absolute Gasteiger partial charge is 0.311 e. The van der Waals surface area contributed by atoms with E-state index in [2.05, 4.69) is 16.4 Å². The summed E-state index contributed by atoms with van der Waals surface area (Å²) in [5, 5.41) is 6.19. The fourth-order valence-electron chi connectivity index (χ4n) is 1.68. The zero-order valence-corrected chi connectivity index (χ0v) is 13.0. The van der Waals surface area contributed by atoms with Gasteiger partial charge in [-0.15, -0.1) is 23.1 Å². The Kier molecular flexibility index (Phi) is 5.66. The topological polar surface area (TPSA) is 24.9 Å². The molecule has 7 heteroatoms.